The SMILES string of the molecule is O=C(CCc1ccc(I)cc1)C1CCCC1. The third-order valence-corrected chi connectivity index (χ3v) is 4.10. The van der Waals surface area contributed by atoms with Crippen LogP contribution in [0.25, 0.3) is 0 Å². The van der Waals surface area contributed by atoms with E-state index in [-0.39, 0.29) is 0 Å². The number of carbonyl (C=O) groups is 1. The Balaban J connectivity index is 1.82. The minimum atomic E-state index is 0.379. The van der Waals surface area contributed by atoms with E-state index in [1.54, 1.807) is 0 Å². The Morgan fingerprint density at radius 3 is 2.44 bits per heavy atom. The Morgan fingerprint density at radius 2 is 1.81 bits per heavy atom. The Morgan fingerprint density at radius 1 is 1.19 bits per heavy atom. The molecule has 1 aromatic carbocycles. The van der Waals surface area contributed by atoms with E-state index in [0.717, 1.165) is 25.7 Å². The highest BCUT2D eigenvalue weighted by atomic mass is 127. The zero-order valence-corrected chi connectivity index (χ0v) is 11.6. The molecule has 0 saturated heterocycles. The lowest BCUT2D eigenvalue weighted by Crippen LogP contribution is -2.11. The maximum absolute atomic E-state index is 11.9. The van der Waals surface area contributed by atoms with E-state index < -0.39 is 0 Å². The van der Waals surface area contributed by atoms with Gasteiger partial charge in [0.15, 0.2) is 0 Å². The lowest BCUT2D eigenvalue weighted by atomic mass is 9.97. The molecular weight excluding hydrogens is 311 g/mol. The van der Waals surface area contributed by atoms with Gasteiger partial charge in [0.05, 0.1) is 0 Å². The topological polar surface area (TPSA) is 17.1 Å². The molecule has 2 heteroatoms. The van der Waals surface area contributed by atoms with Crippen molar-refractivity contribution in [2.45, 2.75) is 38.5 Å². The molecule has 1 saturated carbocycles. The van der Waals surface area contributed by atoms with Crippen molar-refractivity contribution < 1.29 is 4.79 Å². The number of ketones is 1. The van der Waals surface area contributed by atoms with Crippen LogP contribution >= 0.6 is 22.6 Å². The molecular formula is C14H17IO. The van der Waals surface area contributed by atoms with Gasteiger partial charge in [0, 0.05) is 15.9 Å². The molecule has 1 nitrogen and oxygen atoms in total. The summed E-state index contributed by atoms with van der Waals surface area (Å²) in [6.07, 6.45) is 6.40. The zero-order valence-electron chi connectivity index (χ0n) is 9.42. The fourth-order valence-electron chi connectivity index (χ4n) is 2.37. The van der Waals surface area contributed by atoms with Crippen molar-refractivity contribution in [3.05, 3.63) is 33.4 Å². The molecule has 1 aliphatic rings. The molecule has 0 bridgehead atoms. The maximum atomic E-state index is 11.9. The van der Waals surface area contributed by atoms with E-state index in [1.165, 1.54) is 22.0 Å². The van der Waals surface area contributed by atoms with Gasteiger partial charge >= 0.3 is 0 Å². The highest BCUT2D eigenvalue weighted by Crippen LogP contribution is 2.26. The number of aryl methyl sites for hydroxylation is 1. The molecule has 0 unspecified atom stereocenters. The van der Waals surface area contributed by atoms with Crippen LogP contribution in [0.3, 0.4) is 0 Å². The number of hydrogen-bond donors (Lipinski definition) is 0. The van der Waals surface area contributed by atoms with Crippen LogP contribution in [0.5, 0.6) is 0 Å². The number of carbonyl (C=O) groups excluding carboxylic acids is 1. The second-order valence-electron chi connectivity index (χ2n) is 4.57. The molecule has 0 aliphatic heterocycles. The van der Waals surface area contributed by atoms with Crippen molar-refractivity contribution in [1.82, 2.24) is 0 Å². The first kappa shape index (κ1) is 12.1. The van der Waals surface area contributed by atoms with Crippen LogP contribution in [-0.2, 0) is 11.2 Å². The molecule has 0 spiro atoms. The molecule has 0 radical (unpaired) electrons. The van der Waals surface area contributed by atoms with Crippen LogP contribution in [0.4, 0.5) is 0 Å². The summed E-state index contributed by atoms with van der Waals surface area (Å²) in [6, 6.07) is 8.47. The standard InChI is InChI=1S/C14H17IO/c15-13-8-5-11(6-9-13)7-10-14(16)12-3-1-2-4-12/h5-6,8-9,12H,1-4,7,10H2. The molecule has 2 rings (SSSR count). The number of rotatable bonds is 4. The molecule has 0 heterocycles. The number of benzene rings is 1. The summed E-state index contributed by atoms with van der Waals surface area (Å²) in [4.78, 5) is 11.9. The number of halogens is 1. The second kappa shape index (κ2) is 5.80. The molecule has 1 aromatic rings. The van der Waals surface area contributed by atoms with Crippen molar-refractivity contribution in [3.8, 4) is 0 Å². The first-order valence-corrected chi connectivity index (χ1v) is 7.11. The fourth-order valence-corrected chi connectivity index (χ4v) is 2.73. The van der Waals surface area contributed by atoms with Crippen LogP contribution in [0, 0.1) is 9.49 Å². The van der Waals surface area contributed by atoms with Gasteiger partial charge in [-0.3, -0.25) is 4.79 Å². The minimum absolute atomic E-state index is 0.379. The van der Waals surface area contributed by atoms with Gasteiger partial charge in [-0.2, -0.15) is 0 Å². The largest absolute Gasteiger partial charge is 0.299 e. The van der Waals surface area contributed by atoms with E-state index in [1.807, 2.05) is 0 Å². The van der Waals surface area contributed by atoms with Crippen LogP contribution in [0.2, 0.25) is 0 Å². The van der Waals surface area contributed by atoms with Gasteiger partial charge in [-0.15, -0.1) is 0 Å². The minimum Gasteiger partial charge on any atom is -0.299 e. The molecule has 0 aromatic heterocycles. The monoisotopic (exact) mass is 328 g/mol. The Hall–Kier alpha value is -0.380. The van der Waals surface area contributed by atoms with Gasteiger partial charge in [-0.05, 0) is 59.5 Å². The van der Waals surface area contributed by atoms with Gasteiger partial charge < -0.3 is 0 Å². The summed E-state index contributed by atoms with van der Waals surface area (Å²) in [5, 5.41) is 0. The fraction of sp³-hybridized carbons (Fsp3) is 0.500. The number of hydrogen-bond acceptors (Lipinski definition) is 1. The average Bonchev–Trinajstić information content (AvgIpc) is 2.81. The number of Topliss-reactive ketones (excluding diaryl/α,β-unsaturated/α-hetero) is 1. The summed E-state index contributed by atoms with van der Waals surface area (Å²) in [5.41, 5.74) is 1.28. The van der Waals surface area contributed by atoms with E-state index >= 15 is 0 Å². The van der Waals surface area contributed by atoms with Gasteiger partial charge in [0.25, 0.3) is 0 Å². The molecule has 1 aliphatic carbocycles. The van der Waals surface area contributed by atoms with E-state index in [0.29, 0.717) is 11.7 Å². The zero-order chi connectivity index (χ0) is 11.4. The van der Waals surface area contributed by atoms with Crippen LogP contribution in [-0.4, -0.2) is 5.78 Å². The average molecular weight is 328 g/mol. The summed E-state index contributed by atoms with van der Waals surface area (Å²) < 4.78 is 1.25. The van der Waals surface area contributed by atoms with Gasteiger partial charge in [-0.1, -0.05) is 25.0 Å². The third kappa shape index (κ3) is 3.30. The van der Waals surface area contributed by atoms with Crippen molar-refractivity contribution in [2.75, 3.05) is 0 Å². The molecule has 16 heavy (non-hydrogen) atoms. The first-order valence-electron chi connectivity index (χ1n) is 6.03. The lowest BCUT2D eigenvalue weighted by Gasteiger charge is -2.07. The Kier molecular flexibility index (Phi) is 4.38. The van der Waals surface area contributed by atoms with Crippen LogP contribution < -0.4 is 0 Å². The second-order valence-corrected chi connectivity index (χ2v) is 5.82. The van der Waals surface area contributed by atoms with Crippen molar-refractivity contribution in [2.24, 2.45) is 5.92 Å². The van der Waals surface area contributed by atoms with Crippen molar-refractivity contribution in [1.29, 1.82) is 0 Å². The summed E-state index contributed by atoms with van der Waals surface area (Å²) >= 11 is 2.30. The molecule has 0 atom stereocenters. The van der Waals surface area contributed by atoms with Crippen LogP contribution in [0.1, 0.15) is 37.7 Å². The first-order chi connectivity index (χ1) is 7.75. The quantitative estimate of drug-likeness (QED) is 0.764. The normalized spacial score (nSPS) is 16.6. The molecule has 0 amide bonds. The van der Waals surface area contributed by atoms with Gasteiger partial charge in [-0.25, -0.2) is 0 Å². The summed E-state index contributed by atoms with van der Waals surface area (Å²) in [6.45, 7) is 0. The van der Waals surface area contributed by atoms with E-state index in [2.05, 4.69) is 46.9 Å². The highest BCUT2D eigenvalue weighted by molar-refractivity contribution is 14.1. The smallest absolute Gasteiger partial charge is 0.136 e. The Labute approximate surface area is 111 Å². The van der Waals surface area contributed by atoms with Crippen LogP contribution in [0.15, 0.2) is 24.3 Å². The third-order valence-electron chi connectivity index (χ3n) is 3.38. The summed E-state index contributed by atoms with van der Waals surface area (Å²) in [7, 11) is 0. The highest BCUT2D eigenvalue weighted by Gasteiger charge is 2.21. The summed E-state index contributed by atoms with van der Waals surface area (Å²) in [5.74, 6) is 0.861. The molecule has 86 valence electrons. The van der Waals surface area contributed by atoms with E-state index in [4.69, 9.17) is 0 Å². The predicted molar refractivity (Wildman–Crippen MR) is 74.4 cm³/mol. The molecule has 1 fully saturated rings. The van der Waals surface area contributed by atoms with Gasteiger partial charge in [0.2, 0.25) is 0 Å². The van der Waals surface area contributed by atoms with Gasteiger partial charge in [0.1, 0.15) is 5.78 Å². The lowest BCUT2D eigenvalue weighted by molar-refractivity contribution is -0.122. The predicted octanol–water partition coefficient (Wildman–Crippen LogP) is 3.98. The molecule has 0 N–H and O–H groups in total. The van der Waals surface area contributed by atoms with Crippen molar-refractivity contribution >= 4 is 28.4 Å². The Bertz CT molecular complexity index is 350. The maximum Gasteiger partial charge on any atom is 0.136 e. The van der Waals surface area contributed by atoms with Crippen molar-refractivity contribution in [3.63, 3.8) is 0 Å². The van der Waals surface area contributed by atoms with E-state index in [9.17, 15) is 4.79 Å².